The number of hydrogen-bond donors (Lipinski definition) is 1. The summed E-state index contributed by atoms with van der Waals surface area (Å²) in [6.45, 7) is 3.67. The Bertz CT molecular complexity index is 981. The standard InChI is InChI=1S/C17H15N3O3S/c1-9-5-15(21)23-14-4-10(2)13(6-12(9)14)20-16(22)11-7-18-17(24-3)19-8-11/h4-8H,1-3H3,(H,20,22). The van der Waals surface area contributed by atoms with Crippen LogP contribution in [0.15, 0.2) is 45.0 Å². The molecule has 2 heterocycles. The molecule has 2 aromatic heterocycles. The molecule has 0 aliphatic carbocycles. The van der Waals surface area contributed by atoms with Crippen LogP contribution in [0.5, 0.6) is 0 Å². The van der Waals surface area contributed by atoms with Gasteiger partial charge in [-0.2, -0.15) is 0 Å². The third-order valence-corrected chi connectivity index (χ3v) is 4.19. The van der Waals surface area contributed by atoms with Crippen LogP contribution in [0, 0.1) is 13.8 Å². The monoisotopic (exact) mass is 341 g/mol. The average molecular weight is 341 g/mol. The Labute approximate surface area is 142 Å². The van der Waals surface area contributed by atoms with E-state index in [4.69, 9.17) is 4.42 Å². The molecule has 3 rings (SSSR count). The van der Waals surface area contributed by atoms with E-state index in [9.17, 15) is 9.59 Å². The molecule has 0 atom stereocenters. The fourth-order valence-corrected chi connectivity index (χ4v) is 2.65. The summed E-state index contributed by atoms with van der Waals surface area (Å²) in [7, 11) is 0. The van der Waals surface area contributed by atoms with Crippen LogP contribution in [0.25, 0.3) is 11.0 Å². The Morgan fingerprint density at radius 1 is 1.12 bits per heavy atom. The lowest BCUT2D eigenvalue weighted by Gasteiger charge is -2.10. The van der Waals surface area contributed by atoms with Crippen molar-refractivity contribution >= 4 is 34.3 Å². The smallest absolute Gasteiger partial charge is 0.336 e. The first kappa shape index (κ1) is 16.2. The van der Waals surface area contributed by atoms with Gasteiger partial charge >= 0.3 is 5.63 Å². The first-order chi connectivity index (χ1) is 11.5. The topological polar surface area (TPSA) is 85.1 Å². The molecule has 3 aromatic rings. The molecule has 0 spiro atoms. The number of nitrogens with zero attached hydrogens (tertiary/aromatic N) is 2. The van der Waals surface area contributed by atoms with E-state index >= 15 is 0 Å². The van der Waals surface area contributed by atoms with Crippen molar-refractivity contribution in [3.8, 4) is 0 Å². The molecule has 1 amide bonds. The van der Waals surface area contributed by atoms with E-state index in [2.05, 4.69) is 15.3 Å². The molecular weight excluding hydrogens is 326 g/mol. The maximum Gasteiger partial charge on any atom is 0.336 e. The van der Waals surface area contributed by atoms with E-state index in [-0.39, 0.29) is 11.5 Å². The number of aromatic nitrogens is 2. The van der Waals surface area contributed by atoms with Gasteiger partial charge in [0.15, 0.2) is 5.16 Å². The molecule has 0 radical (unpaired) electrons. The van der Waals surface area contributed by atoms with Crippen molar-refractivity contribution < 1.29 is 9.21 Å². The lowest BCUT2D eigenvalue weighted by atomic mass is 10.1. The van der Waals surface area contributed by atoms with Crippen LogP contribution in [-0.2, 0) is 0 Å². The second-order valence-corrected chi connectivity index (χ2v) is 6.10. The Hall–Kier alpha value is -2.67. The summed E-state index contributed by atoms with van der Waals surface area (Å²) in [6.07, 6.45) is 4.86. The molecule has 0 aliphatic heterocycles. The van der Waals surface area contributed by atoms with Crippen molar-refractivity contribution in [3.05, 3.63) is 57.7 Å². The Morgan fingerprint density at radius 2 is 1.83 bits per heavy atom. The Balaban J connectivity index is 1.95. The van der Waals surface area contributed by atoms with Gasteiger partial charge in [-0.15, -0.1) is 0 Å². The molecule has 0 saturated heterocycles. The molecule has 6 nitrogen and oxygen atoms in total. The number of aryl methyl sites for hydroxylation is 2. The van der Waals surface area contributed by atoms with Crippen LogP contribution in [0.1, 0.15) is 21.5 Å². The Morgan fingerprint density at radius 3 is 2.50 bits per heavy atom. The number of nitrogens with one attached hydrogen (secondary N) is 1. The van der Waals surface area contributed by atoms with Gasteiger partial charge in [0.1, 0.15) is 5.58 Å². The molecule has 1 N–H and O–H groups in total. The average Bonchev–Trinajstić information content (AvgIpc) is 2.56. The molecule has 0 unspecified atom stereocenters. The third-order valence-electron chi connectivity index (χ3n) is 3.62. The number of rotatable bonds is 3. The fraction of sp³-hybridized carbons (Fsp3) is 0.176. The van der Waals surface area contributed by atoms with Crippen LogP contribution >= 0.6 is 11.8 Å². The quantitative estimate of drug-likeness (QED) is 0.447. The maximum absolute atomic E-state index is 12.4. The van der Waals surface area contributed by atoms with Gasteiger partial charge in [0, 0.05) is 29.5 Å². The van der Waals surface area contributed by atoms with Crippen molar-refractivity contribution in [3.63, 3.8) is 0 Å². The molecule has 122 valence electrons. The number of benzene rings is 1. The number of amides is 1. The highest BCUT2D eigenvalue weighted by Crippen LogP contribution is 2.25. The SMILES string of the molecule is CSc1ncc(C(=O)Nc2cc3c(C)cc(=O)oc3cc2C)cn1. The van der Waals surface area contributed by atoms with Gasteiger partial charge in [-0.3, -0.25) is 4.79 Å². The highest BCUT2D eigenvalue weighted by molar-refractivity contribution is 7.98. The van der Waals surface area contributed by atoms with Gasteiger partial charge in [0.05, 0.1) is 5.56 Å². The molecular formula is C17H15N3O3S. The second kappa shape index (κ2) is 6.45. The van der Waals surface area contributed by atoms with E-state index in [0.29, 0.717) is 22.0 Å². The molecule has 7 heteroatoms. The van der Waals surface area contributed by atoms with Crippen molar-refractivity contribution in [1.82, 2.24) is 9.97 Å². The zero-order valence-electron chi connectivity index (χ0n) is 13.4. The molecule has 0 bridgehead atoms. The van der Waals surface area contributed by atoms with Gasteiger partial charge in [-0.25, -0.2) is 14.8 Å². The van der Waals surface area contributed by atoms with E-state index in [1.807, 2.05) is 20.1 Å². The number of fused-ring (bicyclic) bond motifs is 1. The Kier molecular flexibility index (Phi) is 4.35. The summed E-state index contributed by atoms with van der Waals surface area (Å²) in [5, 5.41) is 4.24. The molecule has 0 fully saturated rings. The number of hydrogen-bond acceptors (Lipinski definition) is 6. The summed E-state index contributed by atoms with van der Waals surface area (Å²) >= 11 is 1.41. The van der Waals surface area contributed by atoms with Crippen molar-refractivity contribution in [2.45, 2.75) is 19.0 Å². The van der Waals surface area contributed by atoms with E-state index in [0.717, 1.165) is 16.5 Å². The molecule has 0 saturated carbocycles. The number of anilines is 1. The van der Waals surface area contributed by atoms with E-state index in [1.54, 1.807) is 12.1 Å². The van der Waals surface area contributed by atoms with E-state index < -0.39 is 0 Å². The van der Waals surface area contributed by atoms with Gasteiger partial charge in [-0.05, 0) is 43.4 Å². The summed E-state index contributed by atoms with van der Waals surface area (Å²) in [5.41, 5.74) is 2.74. The van der Waals surface area contributed by atoms with Crippen LogP contribution in [0.4, 0.5) is 5.69 Å². The summed E-state index contributed by atoms with van der Waals surface area (Å²) in [6, 6.07) is 4.98. The van der Waals surface area contributed by atoms with Gasteiger partial charge in [0.2, 0.25) is 0 Å². The largest absolute Gasteiger partial charge is 0.423 e. The summed E-state index contributed by atoms with van der Waals surface area (Å²) < 4.78 is 5.20. The predicted molar refractivity (Wildman–Crippen MR) is 93.7 cm³/mol. The van der Waals surface area contributed by atoms with Gasteiger partial charge < -0.3 is 9.73 Å². The fourth-order valence-electron chi connectivity index (χ4n) is 2.33. The van der Waals surface area contributed by atoms with Crippen LogP contribution in [0.3, 0.4) is 0 Å². The summed E-state index contributed by atoms with van der Waals surface area (Å²) in [5.74, 6) is -0.292. The van der Waals surface area contributed by atoms with Crippen molar-refractivity contribution in [2.75, 3.05) is 11.6 Å². The summed E-state index contributed by atoms with van der Waals surface area (Å²) in [4.78, 5) is 32.0. The first-order valence-corrected chi connectivity index (χ1v) is 8.43. The molecule has 1 aromatic carbocycles. The minimum atomic E-state index is -0.387. The lowest BCUT2D eigenvalue weighted by Crippen LogP contribution is -2.14. The minimum absolute atomic E-state index is 0.292. The third kappa shape index (κ3) is 3.16. The molecule has 24 heavy (non-hydrogen) atoms. The molecule has 0 aliphatic rings. The van der Waals surface area contributed by atoms with Crippen LogP contribution in [-0.4, -0.2) is 22.1 Å². The highest BCUT2D eigenvalue weighted by Gasteiger charge is 2.12. The zero-order valence-corrected chi connectivity index (χ0v) is 14.2. The van der Waals surface area contributed by atoms with Gasteiger partial charge in [-0.1, -0.05) is 11.8 Å². The maximum atomic E-state index is 12.4. The number of carbonyl (C=O) groups excluding carboxylic acids is 1. The number of thioether (sulfide) groups is 1. The highest BCUT2D eigenvalue weighted by atomic mass is 32.2. The zero-order chi connectivity index (χ0) is 17.3. The van der Waals surface area contributed by atoms with Crippen molar-refractivity contribution in [2.24, 2.45) is 0 Å². The first-order valence-electron chi connectivity index (χ1n) is 7.20. The van der Waals surface area contributed by atoms with E-state index in [1.165, 1.54) is 30.2 Å². The van der Waals surface area contributed by atoms with Crippen LogP contribution < -0.4 is 10.9 Å². The second-order valence-electron chi connectivity index (χ2n) is 5.32. The predicted octanol–water partition coefficient (Wildman–Crippen LogP) is 3.17. The number of carbonyl (C=O) groups is 1. The minimum Gasteiger partial charge on any atom is -0.423 e. The lowest BCUT2D eigenvalue weighted by molar-refractivity contribution is 0.102. The van der Waals surface area contributed by atoms with Gasteiger partial charge in [0.25, 0.3) is 5.91 Å². The van der Waals surface area contributed by atoms with Crippen LogP contribution in [0.2, 0.25) is 0 Å². The normalized spacial score (nSPS) is 10.8. The van der Waals surface area contributed by atoms with Crippen molar-refractivity contribution in [1.29, 1.82) is 0 Å².